The van der Waals surface area contributed by atoms with E-state index in [1.54, 1.807) is 24.4 Å². The van der Waals surface area contributed by atoms with Crippen LogP contribution in [0, 0.1) is 12.7 Å². The Kier molecular flexibility index (Phi) is 11.2. The number of H-pyrrole nitrogens is 1. The van der Waals surface area contributed by atoms with Gasteiger partial charge in [0, 0.05) is 34.8 Å². The van der Waals surface area contributed by atoms with Gasteiger partial charge in [-0.2, -0.15) is 4.98 Å². The van der Waals surface area contributed by atoms with Crippen molar-refractivity contribution in [1.82, 2.24) is 30.4 Å². The number of aromatic nitrogens is 5. The third-order valence-corrected chi connectivity index (χ3v) is 6.36. The Morgan fingerprint density at radius 3 is 2.42 bits per heavy atom. The molecule has 0 saturated carbocycles. The average Bonchev–Trinajstić information content (AvgIpc) is 3.71. The van der Waals surface area contributed by atoms with E-state index in [-0.39, 0.29) is 29.3 Å². The number of nitrogens with one attached hydrogen (secondary N) is 3. The number of anilines is 1. The van der Waals surface area contributed by atoms with Gasteiger partial charge in [0.25, 0.3) is 0 Å². The first-order valence-corrected chi connectivity index (χ1v) is 14.3. The van der Waals surface area contributed by atoms with Crippen molar-refractivity contribution in [3.8, 4) is 22.5 Å². The van der Waals surface area contributed by atoms with Crippen LogP contribution in [-0.2, 0) is 16.8 Å². The molecule has 2 amide bonds. The standard InChI is InChI=1S/C30H28FN7O3.C2H6.C2H4/c1-6-23(39)34-22-13-16(2)7-10-20(22)25-35-24-19(11-12-32-26(24)36-25)17-8-9-18(21(31)14-17)15-33-27(40)28-37-29(38-41-28)30(3,4)5;2*1-2/h6-14H,1,15H2,2-5H3,(H,33,40)(H,34,39)(H,32,35,36);1-2H3;1-2H2. The molecule has 5 aromatic rings. The number of rotatable bonds is 7. The van der Waals surface area contributed by atoms with E-state index >= 15 is 4.39 Å². The minimum absolute atomic E-state index is 0.0647. The monoisotopic (exact) mass is 611 g/mol. The molecule has 0 fully saturated rings. The van der Waals surface area contributed by atoms with Crippen LogP contribution >= 0.6 is 0 Å². The van der Waals surface area contributed by atoms with Crippen molar-refractivity contribution >= 4 is 28.7 Å². The Hall–Kier alpha value is -5.45. The lowest BCUT2D eigenvalue weighted by Crippen LogP contribution is -2.24. The second-order valence-corrected chi connectivity index (χ2v) is 10.5. The molecule has 0 spiro atoms. The Labute approximate surface area is 261 Å². The first-order valence-electron chi connectivity index (χ1n) is 14.3. The summed E-state index contributed by atoms with van der Waals surface area (Å²) in [5.74, 6) is -0.704. The molecular formula is C34H38FN7O3. The molecule has 234 valence electrons. The Bertz CT molecular complexity index is 1820. The van der Waals surface area contributed by atoms with Gasteiger partial charge in [0.15, 0.2) is 11.5 Å². The number of carbonyl (C=O) groups is 2. The number of carbonyl (C=O) groups excluding carboxylic acids is 2. The van der Waals surface area contributed by atoms with Crippen LogP contribution in [0.5, 0.6) is 0 Å². The van der Waals surface area contributed by atoms with Gasteiger partial charge in [0.05, 0.1) is 11.2 Å². The summed E-state index contributed by atoms with van der Waals surface area (Å²) in [6.07, 6.45) is 2.79. The molecule has 3 heterocycles. The summed E-state index contributed by atoms with van der Waals surface area (Å²) < 4.78 is 20.2. The van der Waals surface area contributed by atoms with E-state index in [4.69, 9.17) is 4.52 Å². The van der Waals surface area contributed by atoms with E-state index in [2.05, 4.69) is 55.5 Å². The summed E-state index contributed by atoms with van der Waals surface area (Å²) in [5, 5.41) is 9.27. The Morgan fingerprint density at radius 2 is 1.78 bits per heavy atom. The number of halogens is 1. The minimum atomic E-state index is -0.586. The van der Waals surface area contributed by atoms with E-state index in [1.807, 2.05) is 59.7 Å². The number of benzene rings is 2. The highest BCUT2D eigenvalue weighted by molar-refractivity contribution is 6.02. The molecular weight excluding hydrogens is 573 g/mol. The zero-order valence-corrected chi connectivity index (χ0v) is 26.4. The molecule has 0 unspecified atom stereocenters. The van der Waals surface area contributed by atoms with Crippen LogP contribution in [-0.4, -0.2) is 36.9 Å². The van der Waals surface area contributed by atoms with Crippen molar-refractivity contribution < 1.29 is 18.5 Å². The Morgan fingerprint density at radius 1 is 1.04 bits per heavy atom. The maximum Gasteiger partial charge on any atom is 0.315 e. The van der Waals surface area contributed by atoms with E-state index in [1.165, 1.54) is 12.1 Å². The fourth-order valence-electron chi connectivity index (χ4n) is 4.16. The summed E-state index contributed by atoms with van der Waals surface area (Å²) in [7, 11) is 0. The van der Waals surface area contributed by atoms with Crippen molar-refractivity contribution in [3.63, 3.8) is 0 Å². The SMILES string of the molecule is C=C.C=CC(=O)Nc1cc(C)ccc1-c1nc2nccc(-c3ccc(CNC(=O)c4nc(C(C)(C)C)no4)c(F)c3)c2[nH]1.CC. The lowest BCUT2D eigenvalue weighted by molar-refractivity contribution is -0.111. The molecule has 0 radical (unpaired) electrons. The lowest BCUT2D eigenvalue weighted by Gasteiger charge is -2.10. The first kappa shape index (κ1) is 34.0. The van der Waals surface area contributed by atoms with Crippen LogP contribution in [0.3, 0.4) is 0 Å². The van der Waals surface area contributed by atoms with E-state index in [0.29, 0.717) is 45.2 Å². The van der Waals surface area contributed by atoms with Crippen molar-refractivity contribution in [3.05, 3.63) is 103 Å². The van der Waals surface area contributed by atoms with Gasteiger partial charge < -0.3 is 20.1 Å². The normalized spacial score (nSPS) is 10.6. The second kappa shape index (κ2) is 14.8. The molecule has 0 aliphatic carbocycles. The zero-order valence-electron chi connectivity index (χ0n) is 26.4. The van der Waals surface area contributed by atoms with Gasteiger partial charge >= 0.3 is 11.8 Å². The lowest BCUT2D eigenvalue weighted by atomic mass is 9.96. The summed E-state index contributed by atoms with van der Waals surface area (Å²) >= 11 is 0. The molecule has 0 aliphatic heterocycles. The predicted molar refractivity (Wildman–Crippen MR) is 175 cm³/mol. The van der Waals surface area contributed by atoms with Crippen LogP contribution in [0.15, 0.2) is 79.0 Å². The number of hydrogen-bond donors (Lipinski definition) is 3. The van der Waals surface area contributed by atoms with Gasteiger partial charge in [-0.15, -0.1) is 13.2 Å². The number of amides is 2. The minimum Gasteiger partial charge on any atom is -0.344 e. The summed E-state index contributed by atoms with van der Waals surface area (Å²) in [5.41, 5.74) is 4.44. The fraction of sp³-hybridized carbons (Fsp3) is 0.235. The third kappa shape index (κ3) is 7.94. The number of aryl methyl sites for hydroxylation is 1. The van der Waals surface area contributed by atoms with Gasteiger partial charge in [-0.05, 0) is 48.4 Å². The molecule has 3 N–H and O–H groups in total. The number of imidazole rings is 1. The van der Waals surface area contributed by atoms with Crippen LogP contribution in [0.4, 0.5) is 10.1 Å². The maximum absolute atomic E-state index is 15.2. The highest BCUT2D eigenvalue weighted by Gasteiger charge is 2.24. The number of hydrogen-bond acceptors (Lipinski definition) is 7. The average molecular weight is 612 g/mol. The van der Waals surface area contributed by atoms with Crippen LogP contribution in [0.25, 0.3) is 33.7 Å². The van der Waals surface area contributed by atoms with Crippen LogP contribution in [0.2, 0.25) is 0 Å². The third-order valence-electron chi connectivity index (χ3n) is 6.36. The van der Waals surface area contributed by atoms with Gasteiger partial charge in [-0.25, -0.2) is 14.4 Å². The predicted octanol–water partition coefficient (Wildman–Crippen LogP) is 7.30. The summed E-state index contributed by atoms with van der Waals surface area (Å²) in [6.45, 7) is 21.1. The maximum atomic E-state index is 15.2. The first-order chi connectivity index (χ1) is 21.5. The van der Waals surface area contributed by atoms with E-state index < -0.39 is 11.7 Å². The van der Waals surface area contributed by atoms with Crippen LogP contribution < -0.4 is 10.6 Å². The highest BCUT2D eigenvalue weighted by Crippen LogP contribution is 2.32. The zero-order chi connectivity index (χ0) is 33.3. The van der Waals surface area contributed by atoms with Crippen molar-refractivity contribution in [2.24, 2.45) is 0 Å². The summed E-state index contributed by atoms with van der Waals surface area (Å²) in [6, 6.07) is 12.1. The summed E-state index contributed by atoms with van der Waals surface area (Å²) in [4.78, 5) is 40.9. The molecule has 0 atom stereocenters. The van der Waals surface area contributed by atoms with Gasteiger partial charge in [-0.1, -0.05) is 64.6 Å². The van der Waals surface area contributed by atoms with Crippen molar-refractivity contribution in [1.29, 1.82) is 0 Å². The van der Waals surface area contributed by atoms with Gasteiger partial charge in [-0.3, -0.25) is 9.59 Å². The molecule has 0 bridgehead atoms. The molecule has 11 heteroatoms. The molecule has 0 aliphatic rings. The quantitative estimate of drug-likeness (QED) is 0.130. The Balaban J connectivity index is 0.00000133. The van der Waals surface area contributed by atoms with Crippen LogP contribution in [0.1, 0.15) is 62.3 Å². The molecule has 10 nitrogen and oxygen atoms in total. The fourth-order valence-corrected chi connectivity index (χ4v) is 4.16. The smallest absolute Gasteiger partial charge is 0.315 e. The molecule has 45 heavy (non-hydrogen) atoms. The molecule has 3 aromatic heterocycles. The van der Waals surface area contributed by atoms with Gasteiger partial charge in [0.2, 0.25) is 5.91 Å². The molecule has 0 saturated heterocycles. The van der Waals surface area contributed by atoms with Crippen molar-refractivity contribution in [2.45, 2.75) is 53.5 Å². The number of pyridine rings is 1. The molecule has 2 aromatic carbocycles. The second-order valence-electron chi connectivity index (χ2n) is 10.5. The topological polar surface area (TPSA) is 139 Å². The largest absolute Gasteiger partial charge is 0.344 e. The van der Waals surface area contributed by atoms with Crippen molar-refractivity contribution in [2.75, 3.05) is 5.32 Å². The highest BCUT2D eigenvalue weighted by atomic mass is 19.1. The molecule has 5 rings (SSSR count). The van der Waals surface area contributed by atoms with E-state index in [0.717, 1.165) is 5.56 Å². The van der Waals surface area contributed by atoms with E-state index in [9.17, 15) is 9.59 Å². The number of aromatic amines is 1. The van der Waals surface area contributed by atoms with Gasteiger partial charge in [0.1, 0.15) is 11.6 Å². The number of fused-ring (bicyclic) bond motifs is 1. The number of nitrogens with zero attached hydrogens (tertiary/aromatic N) is 4.